The minimum atomic E-state index is 0.707. The zero-order chi connectivity index (χ0) is 18.8. The standard InChI is InChI=1S/C24H24O2/c1-5-7-20(12-9-19-10-15-22(25-3)16-11-19)24(8-6-2)21-13-17-23(26-4)18-14-21/h5-6,10-11,13-18H,1-2,7-8H2,3-4H3. The van der Waals surface area contributed by atoms with Crippen LogP contribution in [-0.4, -0.2) is 14.2 Å². The number of hydrogen-bond acceptors (Lipinski definition) is 2. The summed E-state index contributed by atoms with van der Waals surface area (Å²) in [5, 5.41) is 0. The molecule has 0 saturated heterocycles. The van der Waals surface area contributed by atoms with Crippen molar-refractivity contribution < 1.29 is 9.47 Å². The van der Waals surface area contributed by atoms with Gasteiger partial charge in [-0.05, 0) is 60.4 Å². The normalized spacial score (nSPS) is 10.8. The highest BCUT2D eigenvalue weighted by molar-refractivity contribution is 5.74. The second-order valence-electron chi connectivity index (χ2n) is 5.65. The smallest absolute Gasteiger partial charge is 0.118 e. The van der Waals surface area contributed by atoms with Gasteiger partial charge in [0.1, 0.15) is 11.5 Å². The maximum absolute atomic E-state index is 5.25. The van der Waals surface area contributed by atoms with E-state index in [9.17, 15) is 0 Å². The first-order valence-corrected chi connectivity index (χ1v) is 8.46. The summed E-state index contributed by atoms with van der Waals surface area (Å²) in [6, 6.07) is 15.8. The Morgan fingerprint density at radius 1 is 0.846 bits per heavy atom. The molecule has 0 aliphatic rings. The van der Waals surface area contributed by atoms with Crippen LogP contribution in [0.4, 0.5) is 0 Å². The average Bonchev–Trinajstić information content (AvgIpc) is 2.70. The van der Waals surface area contributed by atoms with Crippen molar-refractivity contribution in [3.63, 3.8) is 0 Å². The van der Waals surface area contributed by atoms with Crippen LogP contribution >= 0.6 is 0 Å². The van der Waals surface area contributed by atoms with Crippen LogP contribution in [-0.2, 0) is 0 Å². The third kappa shape index (κ3) is 5.16. The van der Waals surface area contributed by atoms with Gasteiger partial charge in [0, 0.05) is 11.1 Å². The SMILES string of the molecule is C=CCC(C#Cc1ccc(OC)cc1)=C(CC=C)c1ccc(OC)cc1. The van der Waals surface area contributed by atoms with E-state index in [1.54, 1.807) is 14.2 Å². The first-order valence-electron chi connectivity index (χ1n) is 8.46. The molecule has 2 rings (SSSR count). The van der Waals surface area contributed by atoms with E-state index in [0.717, 1.165) is 40.2 Å². The van der Waals surface area contributed by atoms with Crippen LogP contribution in [0.5, 0.6) is 11.5 Å². The molecule has 0 aromatic heterocycles. The molecule has 0 heterocycles. The number of rotatable bonds is 7. The summed E-state index contributed by atoms with van der Waals surface area (Å²) in [5.41, 5.74) is 4.26. The highest BCUT2D eigenvalue weighted by Gasteiger charge is 2.06. The van der Waals surface area contributed by atoms with E-state index in [0.29, 0.717) is 6.42 Å². The first kappa shape index (κ1) is 19.1. The van der Waals surface area contributed by atoms with Crippen molar-refractivity contribution in [2.24, 2.45) is 0 Å². The minimum Gasteiger partial charge on any atom is -0.497 e. The second kappa shape index (κ2) is 9.96. The molecule has 0 spiro atoms. The molecule has 0 radical (unpaired) electrons. The van der Waals surface area contributed by atoms with Crippen molar-refractivity contribution in [3.8, 4) is 23.3 Å². The van der Waals surface area contributed by atoms with Gasteiger partial charge in [-0.25, -0.2) is 0 Å². The summed E-state index contributed by atoms with van der Waals surface area (Å²) in [7, 11) is 3.32. The summed E-state index contributed by atoms with van der Waals surface area (Å²) >= 11 is 0. The van der Waals surface area contributed by atoms with Gasteiger partial charge in [0.2, 0.25) is 0 Å². The molecule has 132 valence electrons. The monoisotopic (exact) mass is 344 g/mol. The van der Waals surface area contributed by atoms with E-state index >= 15 is 0 Å². The summed E-state index contributed by atoms with van der Waals surface area (Å²) < 4.78 is 10.4. The van der Waals surface area contributed by atoms with Crippen LogP contribution in [0.15, 0.2) is 79.4 Å². The molecule has 0 bridgehead atoms. The van der Waals surface area contributed by atoms with Crippen molar-refractivity contribution in [1.29, 1.82) is 0 Å². The Morgan fingerprint density at radius 2 is 1.38 bits per heavy atom. The topological polar surface area (TPSA) is 18.5 Å². The Kier molecular flexibility index (Phi) is 7.33. The Balaban J connectivity index is 2.44. The minimum absolute atomic E-state index is 0.707. The molecule has 0 unspecified atom stereocenters. The van der Waals surface area contributed by atoms with Gasteiger partial charge in [-0.15, -0.1) is 13.2 Å². The number of benzene rings is 2. The maximum atomic E-state index is 5.25. The molecular weight excluding hydrogens is 320 g/mol. The average molecular weight is 344 g/mol. The van der Waals surface area contributed by atoms with Gasteiger partial charge in [-0.3, -0.25) is 0 Å². The van der Waals surface area contributed by atoms with E-state index in [1.165, 1.54) is 0 Å². The third-order valence-corrected chi connectivity index (χ3v) is 3.95. The summed E-state index contributed by atoms with van der Waals surface area (Å²) in [6.45, 7) is 7.77. The molecule has 0 atom stereocenters. The van der Waals surface area contributed by atoms with Crippen molar-refractivity contribution in [2.45, 2.75) is 12.8 Å². The molecule has 2 aromatic rings. The molecule has 0 aliphatic heterocycles. The Labute approximate surface area is 156 Å². The van der Waals surface area contributed by atoms with Gasteiger partial charge in [0.05, 0.1) is 14.2 Å². The Bertz CT molecular complexity index is 829. The maximum Gasteiger partial charge on any atom is 0.118 e. The largest absolute Gasteiger partial charge is 0.497 e. The van der Waals surface area contributed by atoms with E-state index in [4.69, 9.17) is 9.47 Å². The molecule has 2 aromatic carbocycles. The molecule has 0 fully saturated rings. The van der Waals surface area contributed by atoms with Gasteiger partial charge in [-0.1, -0.05) is 36.1 Å². The van der Waals surface area contributed by atoms with Gasteiger partial charge >= 0.3 is 0 Å². The van der Waals surface area contributed by atoms with Crippen LogP contribution in [0.3, 0.4) is 0 Å². The molecule has 0 saturated carbocycles. The van der Waals surface area contributed by atoms with E-state index in [1.807, 2.05) is 48.6 Å². The highest BCUT2D eigenvalue weighted by atomic mass is 16.5. The molecule has 2 nitrogen and oxygen atoms in total. The van der Waals surface area contributed by atoms with Crippen LogP contribution in [0.2, 0.25) is 0 Å². The number of methoxy groups -OCH3 is 2. The summed E-state index contributed by atoms with van der Waals surface area (Å²) in [4.78, 5) is 0. The zero-order valence-corrected chi connectivity index (χ0v) is 15.4. The molecule has 26 heavy (non-hydrogen) atoms. The lowest BCUT2D eigenvalue weighted by atomic mass is 9.95. The van der Waals surface area contributed by atoms with Gasteiger partial charge in [0.25, 0.3) is 0 Å². The quantitative estimate of drug-likeness (QED) is 0.476. The van der Waals surface area contributed by atoms with Crippen molar-refractivity contribution in [1.82, 2.24) is 0 Å². The lowest BCUT2D eigenvalue weighted by molar-refractivity contribution is 0.414. The van der Waals surface area contributed by atoms with Crippen LogP contribution < -0.4 is 9.47 Å². The van der Waals surface area contributed by atoms with E-state index in [2.05, 4.69) is 37.1 Å². The predicted octanol–water partition coefficient (Wildman–Crippen LogP) is 5.66. The van der Waals surface area contributed by atoms with Crippen LogP contribution in [0.1, 0.15) is 24.0 Å². The Morgan fingerprint density at radius 3 is 1.88 bits per heavy atom. The van der Waals surface area contributed by atoms with Crippen molar-refractivity contribution in [2.75, 3.05) is 14.2 Å². The van der Waals surface area contributed by atoms with Crippen molar-refractivity contribution in [3.05, 3.63) is 90.5 Å². The van der Waals surface area contributed by atoms with Gasteiger partial charge < -0.3 is 9.47 Å². The van der Waals surface area contributed by atoms with Crippen LogP contribution in [0, 0.1) is 11.8 Å². The molecule has 2 heteroatoms. The van der Waals surface area contributed by atoms with Crippen LogP contribution in [0.25, 0.3) is 5.57 Å². The lowest BCUT2D eigenvalue weighted by Crippen LogP contribution is -1.91. The second-order valence-corrected chi connectivity index (χ2v) is 5.65. The Hall–Kier alpha value is -3.18. The van der Waals surface area contributed by atoms with Gasteiger partial charge in [0.15, 0.2) is 0 Å². The predicted molar refractivity (Wildman–Crippen MR) is 109 cm³/mol. The molecule has 0 amide bonds. The first-order chi connectivity index (χ1) is 12.7. The van der Waals surface area contributed by atoms with Gasteiger partial charge in [-0.2, -0.15) is 0 Å². The fraction of sp³-hybridized carbons (Fsp3) is 0.167. The zero-order valence-electron chi connectivity index (χ0n) is 15.4. The summed E-state index contributed by atoms with van der Waals surface area (Å²) in [6.07, 6.45) is 5.23. The molecule has 0 N–H and O–H groups in total. The summed E-state index contributed by atoms with van der Waals surface area (Å²) in [5.74, 6) is 8.22. The number of ether oxygens (including phenoxy) is 2. The van der Waals surface area contributed by atoms with Crippen molar-refractivity contribution >= 4 is 5.57 Å². The molecule has 0 aliphatic carbocycles. The number of hydrogen-bond donors (Lipinski definition) is 0. The highest BCUT2D eigenvalue weighted by Crippen LogP contribution is 2.26. The fourth-order valence-electron chi connectivity index (χ4n) is 2.57. The number of allylic oxidation sites excluding steroid dienone is 4. The van der Waals surface area contributed by atoms with E-state index in [-0.39, 0.29) is 0 Å². The van der Waals surface area contributed by atoms with E-state index < -0.39 is 0 Å². The fourth-order valence-corrected chi connectivity index (χ4v) is 2.57. The molecular formula is C24H24O2. The third-order valence-electron chi connectivity index (χ3n) is 3.95. The lowest BCUT2D eigenvalue weighted by Gasteiger charge is -2.10.